The van der Waals surface area contributed by atoms with Crippen LogP contribution in [0.25, 0.3) is 0 Å². The molecule has 0 aromatic heterocycles. The quantitative estimate of drug-likeness (QED) is 0.332. The minimum absolute atomic E-state index is 0.251. The molecule has 0 amide bonds. The molecule has 0 rings (SSSR count). The SMILES string of the molecule is CCCCCCC(=C=C(CC)CC)P(=O)(O)OCC. The van der Waals surface area contributed by atoms with Crippen molar-refractivity contribution in [3.05, 3.63) is 16.6 Å². The maximum absolute atomic E-state index is 12.2. The first-order valence-corrected chi connectivity index (χ1v) is 9.04. The van der Waals surface area contributed by atoms with Crippen LogP contribution in [0, 0.1) is 0 Å². The second kappa shape index (κ2) is 10.5. The van der Waals surface area contributed by atoms with Gasteiger partial charge in [0.25, 0.3) is 0 Å². The molecule has 0 aliphatic carbocycles. The zero-order valence-electron chi connectivity index (χ0n) is 12.9. The highest BCUT2D eigenvalue weighted by atomic mass is 31.2. The average Bonchev–Trinajstić information content (AvgIpc) is 2.37. The van der Waals surface area contributed by atoms with E-state index in [1.165, 1.54) is 0 Å². The summed E-state index contributed by atoms with van der Waals surface area (Å²) in [5, 5.41) is 0.462. The molecule has 1 unspecified atom stereocenters. The van der Waals surface area contributed by atoms with Crippen LogP contribution in [0.2, 0.25) is 0 Å². The Morgan fingerprint density at radius 3 is 2.21 bits per heavy atom. The molecule has 0 radical (unpaired) electrons. The first kappa shape index (κ1) is 18.7. The molecule has 0 fully saturated rings. The summed E-state index contributed by atoms with van der Waals surface area (Å²) in [5.74, 6) is 0. The lowest BCUT2D eigenvalue weighted by Crippen LogP contribution is -1.94. The van der Waals surface area contributed by atoms with Crippen molar-refractivity contribution < 1.29 is 14.0 Å². The van der Waals surface area contributed by atoms with E-state index in [4.69, 9.17) is 4.52 Å². The molecule has 0 aromatic carbocycles. The van der Waals surface area contributed by atoms with Gasteiger partial charge in [-0.1, -0.05) is 40.0 Å². The Kier molecular flexibility index (Phi) is 10.3. The van der Waals surface area contributed by atoms with Crippen LogP contribution in [-0.4, -0.2) is 11.5 Å². The highest BCUT2D eigenvalue weighted by molar-refractivity contribution is 7.57. The summed E-state index contributed by atoms with van der Waals surface area (Å²) in [6, 6.07) is 0. The fourth-order valence-electron chi connectivity index (χ4n) is 1.88. The molecule has 0 aromatic rings. The summed E-state index contributed by atoms with van der Waals surface area (Å²) >= 11 is 0. The molecule has 0 aliphatic heterocycles. The van der Waals surface area contributed by atoms with Gasteiger partial charge in [0.05, 0.1) is 11.9 Å². The first-order chi connectivity index (χ1) is 9.01. The first-order valence-electron chi connectivity index (χ1n) is 7.47. The predicted octanol–water partition coefficient (Wildman–Crippen LogP) is 5.41. The third kappa shape index (κ3) is 7.74. The Morgan fingerprint density at radius 1 is 1.11 bits per heavy atom. The van der Waals surface area contributed by atoms with E-state index < -0.39 is 7.60 Å². The monoisotopic (exact) mass is 288 g/mol. The molecule has 4 heteroatoms. The van der Waals surface area contributed by atoms with Gasteiger partial charge in [0, 0.05) is 0 Å². The number of rotatable bonds is 10. The summed E-state index contributed by atoms with van der Waals surface area (Å²) < 4.78 is 17.2. The van der Waals surface area contributed by atoms with E-state index in [0.717, 1.165) is 44.1 Å². The zero-order valence-corrected chi connectivity index (χ0v) is 13.8. The van der Waals surface area contributed by atoms with Crippen LogP contribution in [0.5, 0.6) is 0 Å². The normalized spacial score (nSPS) is 13.7. The largest absolute Gasteiger partial charge is 0.362 e. The topological polar surface area (TPSA) is 46.5 Å². The Balaban J connectivity index is 5.04. The maximum Gasteiger partial charge on any atom is 0.362 e. The van der Waals surface area contributed by atoms with Gasteiger partial charge in [-0.15, -0.1) is 5.73 Å². The van der Waals surface area contributed by atoms with E-state index in [2.05, 4.69) is 12.7 Å². The Hall–Kier alpha value is -0.330. The van der Waals surface area contributed by atoms with E-state index in [1.807, 2.05) is 13.8 Å². The molecule has 3 nitrogen and oxygen atoms in total. The van der Waals surface area contributed by atoms with Crippen molar-refractivity contribution in [1.82, 2.24) is 0 Å². The summed E-state index contributed by atoms with van der Waals surface area (Å²) in [5.41, 5.74) is 4.23. The molecular weight excluding hydrogens is 259 g/mol. The third-order valence-electron chi connectivity index (χ3n) is 3.09. The van der Waals surface area contributed by atoms with E-state index in [9.17, 15) is 9.46 Å². The van der Waals surface area contributed by atoms with Crippen LogP contribution in [0.3, 0.4) is 0 Å². The molecular formula is C15H29O3P. The van der Waals surface area contributed by atoms with Crippen LogP contribution in [-0.2, 0) is 9.09 Å². The van der Waals surface area contributed by atoms with Crippen molar-refractivity contribution in [2.45, 2.75) is 72.6 Å². The molecule has 1 N–H and O–H groups in total. The van der Waals surface area contributed by atoms with E-state index >= 15 is 0 Å². The molecule has 0 aliphatic rings. The zero-order chi connectivity index (χ0) is 14.7. The van der Waals surface area contributed by atoms with Crippen molar-refractivity contribution >= 4 is 7.60 Å². The Labute approximate surface area is 118 Å². The van der Waals surface area contributed by atoms with Gasteiger partial charge in [-0.05, 0) is 38.2 Å². The van der Waals surface area contributed by atoms with Gasteiger partial charge >= 0.3 is 7.60 Å². The molecule has 19 heavy (non-hydrogen) atoms. The molecule has 1 atom stereocenters. The van der Waals surface area contributed by atoms with Crippen LogP contribution in [0.1, 0.15) is 72.6 Å². The molecule has 0 saturated heterocycles. The molecule has 112 valence electrons. The Bertz CT molecular complexity index is 348. The van der Waals surface area contributed by atoms with E-state index in [-0.39, 0.29) is 6.61 Å². The van der Waals surface area contributed by atoms with Crippen LogP contribution in [0.4, 0.5) is 0 Å². The number of hydrogen-bond donors (Lipinski definition) is 1. The van der Waals surface area contributed by atoms with Gasteiger partial charge in [-0.25, -0.2) is 0 Å². The van der Waals surface area contributed by atoms with Gasteiger partial charge in [-0.3, -0.25) is 4.57 Å². The number of allylic oxidation sites excluding steroid dienone is 1. The lowest BCUT2D eigenvalue weighted by molar-refractivity contribution is 0.279. The smallest absolute Gasteiger partial charge is 0.321 e. The van der Waals surface area contributed by atoms with Gasteiger partial charge in [-0.2, -0.15) is 0 Å². The van der Waals surface area contributed by atoms with Gasteiger partial charge in [0.2, 0.25) is 0 Å². The van der Waals surface area contributed by atoms with Crippen molar-refractivity contribution in [1.29, 1.82) is 0 Å². The van der Waals surface area contributed by atoms with E-state index in [0.29, 0.717) is 11.7 Å². The number of hydrogen-bond acceptors (Lipinski definition) is 2. The second-order valence-electron chi connectivity index (χ2n) is 4.63. The van der Waals surface area contributed by atoms with Crippen molar-refractivity contribution in [2.24, 2.45) is 0 Å². The second-order valence-corrected chi connectivity index (χ2v) is 6.47. The molecule has 0 saturated carbocycles. The van der Waals surface area contributed by atoms with Gasteiger partial charge in [0.15, 0.2) is 0 Å². The number of unbranched alkanes of at least 4 members (excludes halogenated alkanes) is 3. The minimum Gasteiger partial charge on any atom is -0.321 e. The summed E-state index contributed by atoms with van der Waals surface area (Å²) in [6.07, 6.45) is 6.66. The van der Waals surface area contributed by atoms with Gasteiger partial charge < -0.3 is 9.42 Å². The predicted molar refractivity (Wildman–Crippen MR) is 81.3 cm³/mol. The molecule has 0 heterocycles. The lowest BCUT2D eigenvalue weighted by atomic mass is 10.1. The standard InChI is InChI=1S/C15H29O3P/c1-5-9-10-11-12-15(13-14(6-2)7-3)19(16,17)18-8-4/h5-12H2,1-4H3,(H,16,17). The highest BCUT2D eigenvalue weighted by Gasteiger charge is 2.24. The van der Waals surface area contributed by atoms with Crippen molar-refractivity contribution in [2.75, 3.05) is 6.61 Å². The van der Waals surface area contributed by atoms with E-state index in [1.54, 1.807) is 6.92 Å². The van der Waals surface area contributed by atoms with Crippen LogP contribution < -0.4 is 0 Å². The summed E-state index contributed by atoms with van der Waals surface area (Å²) in [4.78, 5) is 9.99. The Morgan fingerprint density at radius 2 is 1.74 bits per heavy atom. The third-order valence-corrected chi connectivity index (χ3v) is 4.71. The average molecular weight is 288 g/mol. The van der Waals surface area contributed by atoms with Crippen molar-refractivity contribution in [3.63, 3.8) is 0 Å². The van der Waals surface area contributed by atoms with Gasteiger partial charge in [0.1, 0.15) is 0 Å². The fraction of sp³-hybridized carbons (Fsp3) is 0.800. The minimum atomic E-state index is -3.65. The summed E-state index contributed by atoms with van der Waals surface area (Å²) in [6.45, 7) is 8.23. The molecule has 0 bridgehead atoms. The van der Waals surface area contributed by atoms with Crippen LogP contribution >= 0.6 is 7.60 Å². The van der Waals surface area contributed by atoms with Crippen LogP contribution in [0.15, 0.2) is 16.6 Å². The maximum atomic E-state index is 12.2. The highest BCUT2D eigenvalue weighted by Crippen LogP contribution is 2.52. The van der Waals surface area contributed by atoms with Crippen molar-refractivity contribution in [3.8, 4) is 0 Å². The fourth-order valence-corrected chi connectivity index (χ4v) is 3.12. The molecule has 0 spiro atoms. The summed E-state index contributed by atoms with van der Waals surface area (Å²) in [7, 11) is -3.65. The lowest BCUT2D eigenvalue weighted by Gasteiger charge is -2.13.